The molecule has 7 rings (SSSR count). The van der Waals surface area contributed by atoms with Gasteiger partial charge in [0, 0.05) is 11.5 Å². The molecule has 2 saturated heterocycles. The number of allylic oxidation sites excluding steroid dienone is 1. The lowest BCUT2D eigenvalue weighted by atomic mass is 9.45. The van der Waals surface area contributed by atoms with E-state index in [9.17, 15) is 40.5 Å². The van der Waals surface area contributed by atoms with Gasteiger partial charge < -0.3 is 54.4 Å². The van der Waals surface area contributed by atoms with Gasteiger partial charge in [-0.05, 0) is 100 Å². The fourth-order valence-electron chi connectivity index (χ4n) is 11.0. The first-order valence-corrected chi connectivity index (χ1v) is 17.7. The number of aliphatic hydroxyl groups is 7. The van der Waals surface area contributed by atoms with Crippen LogP contribution in [0, 0.1) is 22.7 Å². The quantitative estimate of drug-likeness (QED) is 0.226. The first kappa shape index (κ1) is 34.7. The molecule has 1 aromatic heterocycles. The average molecular weight is 677 g/mol. The van der Waals surface area contributed by atoms with Gasteiger partial charge in [-0.15, -0.1) is 0 Å². The summed E-state index contributed by atoms with van der Waals surface area (Å²) in [5, 5.41) is 77.6. The number of fused-ring (bicyclic) bond motifs is 5. The molecule has 0 unspecified atom stereocenters. The summed E-state index contributed by atoms with van der Waals surface area (Å²) in [6.45, 7) is 7.50. The molecule has 5 fully saturated rings. The Labute approximate surface area is 280 Å². The van der Waals surface area contributed by atoms with Crippen LogP contribution in [0.1, 0.15) is 90.5 Å². The van der Waals surface area contributed by atoms with Crippen LogP contribution in [0.2, 0.25) is 0 Å². The molecule has 4 aliphatic carbocycles. The Morgan fingerprint density at radius 3 is 2.25 bits per heavy atom. The summed E-state index contributed by atoms with van der Waals surface area (Å²) in [6.07, 6.45) is -4.18. The van der Waals surface area contributed by atoms with Crippen molar-refractivity contribution in [3.8, 4) is 0 Å². The molecule has 1 aromatic rings. The van der Waals surface area contributed by atoms with E-state index in [2.05, 4.69) is 13.8 Å². The van der Waals surface area contributed by atoms with E-state index in [4.69, 9.17) is 18.6 Å². The molecule has 268 valence electrons. The van der Waals surface area contributed by atoms with Gasteiger partial charge in [-0.25, -0.2) is 4.79 Å². The van der Waals surface area contributed by atoms with Crippen LogP contribution < -0.4 is 5.63 Å². The van der Waals surface area contributed by atoms with Crippen molar-refractivity contribution in [1.82, 2.24) is 0 Å². The topological polar surface area (TPSA) is 200 Å². The Bertz CT molecular complexity index is 1440. The molecule has 3 heterocycles. The third-order valence-electron chi connectivity index (χ3n) is 13.9. The number of aliphatic hydroxyl groups excluding tert-OH is 6. The lowest BCUT2D eigenvalue weighted by Gasteiger charge is -2.62. The van der Waals surface area contributed by atoms with Gasteiger partial charge in [0.1, 0.15) is 42.7 Å². The molecular formula is C36H52O12. The zero-order chi connectivity index (χ0) is 34.6. The molecular weight excluding hydrogens is 624 g/mol. The third kappa shape index (κ3) is 4.89. The van der Waals surface area contributed by atoms with Crippen LogP contribution in [-0.2, 0) is 14.2 Å². The Morgan fingerprint density at radius 1 is 0.812 bits per heavy atom. The molecule has 0 bridgehead atoms. The van der Waals surface area contributed by atoms with Crippen LogP contribution >= 0.6 is 0 Å². The van der Waals surface area contributed by atoms with Gasteiger partial charge in [0.15, 0.2) is 0 Å². The normalized spacial score (nSPS) is 53.7. The fourth-order valence-corrected chi connectivity index (χ4v) is 11.0. The van der Waals surface area contributed by atoms with Crippen LogP contribution in [-0.4, -0.2) is 108 Å². The van der Waals surface area contributed by atoms with Crippen LogP contribution in [0.5, 0.6) is 0 Å². The first-order valence-electron chi connectivity index (χ1n) is 17.7. The highest BCUT2D eigenvalue weighted by Crippen LogP contribution is 2.70. The summed E-state index contributed by atoms with van der Waals surface area (Å²) in [4.78, 5) is 11.7. The molecule has 6 aliphatic rings. The van der Waals surface area contributed by atoms with Crippen molar-refractivity contribution in [3.05, 3.63) is 46.0 Å². The van der Waals surface area contributed by atoms with E-state index in [0.717, 1.165) is 44.1 Å². The average Bonchev–Trinajstić information content (AvgIpc) is 3.34. The van der Waals surface area contributed by atoms with Crippen molar-refractivity contribution in [1.29, 1.82) is 0 Å². The highest BCUT2D eigenvalue weighted by molar-refractivity contribution is 5.31. The van der Waals surface area contributed by atoms with E-state index in [1.54, 1.807) is 6.26 Å². The smallest absolute Gasteiger partial charge is 0.335 e. The molecule has 0 spiro atoms. The largest absolute Gasteiger partial charge is 0.431 e. The van der Waals surface area contributed by atoms with Gasteiger partial charge in [-0.2, -0.15) is 0 Å². The minimum Gasteiger partial charge on any atom is -0.431 e. The Kier molecular flexibility index (Phi) is 8.63. The lowest BCUT2D eigenvalue weighted by molar-refractivity contribution is -0.419. The molecule has 0 radical (unpaired) electrons. The molecule has 12 heteroatoms. The molecule has 17 atom stereocenters. The van der Waals surface area contributed by atoms with Crippen LogP contribution in [0.15, 0.2) is 39.3 Å². The van der Waals surface area contributed by atoms with Gasteiger partial charge in [-0.3, -0.25) is 0 Å². The Morgan fingerprint density at radius 2 is 1.54 bits per heavy atom. The monoisotopic (exact) mass is 676 g/mol. The second kappa shape index (κ2) is 11.9. The van der Waals surface area contributed by atoms with E-state index in [1.807, 2.05) is 12.1 Å². The summed E-state index contributed by atoms with van der Waals surface area (Å²) >= 11 is 0. The van der Waals surface area contributed by atoms with Gasteiger partial charge in [-0.1, -0.05) is 25.5 Å². The first-order chi connectivity index (χ1) is 22.6. The highest BCUT2D eigenvalue weighted by Gasteiger charge is 2.68. The lowest BCUT2D eigenvalue weighted by Crippen LogP contribution is -2.75. The number of hydrogen-bond acceptors (Lipinski definition) is 12. The van der Waals surface area contributed by atoms with E-state index in [0.29, 0.717) is 12.8 Å². The zero-order valence-electron chi connectivity index (χ0n) is 28.1. The standard InChI is InChI=1S/C36H52O12/c1-17-26(38)28(40)30(42)32(46-17)36(31(43)29(41)27(39)18(2)47-36)48-21-9-12-33(3)20(15-21)6-7-24-23(33)10-13-34(4)22(11-14-35(24,34)44)19-5-8-25(37)45-16-19/h5,8,15-18,21-24,26-32,38-44H,6-7,9-14H2,1-4H3/t17-,18+,21+,22-,23+,24-,26+,27+,28+,29-,30-,31+,32+,33+,34+,35-,36-/m1/s1. The summed E-state index contributed by atoms with van der Waals surface area (Å²) in [6, 6.07) is 3.30. The molecule has 7 N–H and O–H groups in total. The minimum atomic E-state index is -2.17. The second-order valence-electron chi connectivity index (χ2n) is 16.1. The SMILES string of the molecule is C[C@@H]1O[C@](O[C@@H]2C=C3CC[C@@H]4[C@H](CC[C@@]5(C)[C@@H](c6ccc(=O)oc6)CC[C@@]45O)[C@@]3(C)CC2)([C@H]2O[C@H](C)[C@H](O)[C@H](O)[C@H]2O)[C@@H](O)[C@H](O)[C@H]1O. The van der Waals surface area contributed by atoms with E-state index >= 15 is 0 Å². The van der Waals surface area contributed by atoms with Crippen molar-refractivity contribution in [2.24, 2.45) is 22.7 Å². The van der Waals surface area contributed by atoms with Crippen molar-refractivity contribution in [2.75, 3.05) is 0 Å². The number of rotatable bonds is 4. The van der Waals surface area contributed by atoms with Crippen molar-refractivity contribution in [3.63, 3.8) is 0 Å². The van der Waals surface area contributed by atoms with Crippen molar-refractivity contribution in [2.45, 2.75) is 157 Å². The maximum atomic E-state index is 12.6. The summed E-state index contributed by atoms with van der Waals surface area (Å²) in [7, 11) is 0. The zero-order valence-corrected chi connectivity index (χ0v) is 28.1. The van der Waals surface area contributed by atoms with Crippen LogP contribution in [0.4, 0.5) is 0 Å². The maximum absolute atomic E-state index is 12.6. The van der Waals surface area contributed by atoms with Gasteiger partial charge in [0.25, 0.3) is 0 Å². The van der Waals surface area contributed by atoms with Crippen LogP contribution in [0.3, 0.4) is 0 Å². The van der Waals surface area contributed by atoms with E-state index < -0.39 is 72.4 Å². The Balaban J connectivity index is 1.17. The molecule has 3 saturated carbocycles. The fraction of sp³-hybridized carbons (Fsp3) is 0.806. The summed E-state index contributed by atoms with van der Waals surface area (Å²) < 4.78 is 23.9. The minimum absolute atomic E-state index is 0.0871. The van der Waals surface area contributed by atoms with E-state index in [-0.39, 0.29) is 34.2 Å². The van der Waals surface area contributed by atoms with Crippen molar-refractivity contribution < 1.29 is 54.4 Å². The number of ether oxygens (including phenoxy) is 3. The van der Waals surface area contributed by atoms with Gasteiger partial charge >= 0.3 is 5.63 Å². The highest BCUT2D eigenvalue weighted by atomic mass is 16.7. The molecule has 2 aliphatic heterocycles. The Hall–Kier alpha value is -1.71. The van der Waals surface area contributed by atoms with E-state index in [1.165, 1.54) is 25.5 Å². The number of hydrogen-bond donors (Lipinski definition) is 7. The van der Waals surface area contributed by atoms with Crippen molar-refractivity contribution >= 4 is 0 Å². The molecule has 0 aromatic carbocycles. The van der Waals surface area contributed by atoms with Crippen LogP contribution in [0.25, 0.3) is 0 Å². The maximum Gasteiger partial charge on any atom is 0.335 e. The second-order valence-corrected chi connectivity index (χ2v) is 16.1. The molecule has 12 nitrogen and oxygen atoms in total. The molecule has 0 amide bonds. The predicted molar refractivity (Wildman–Crippen MR) is 169 cm³/mol. The third-order valence-corrected chi connectivity index (χ3v) is 13.9. The predicted octanol–water partition coefficient (Wildman–Crippen LogP) is 1.25. The summed E-state index contributed by atoms with van der Waals surface area (Å²) in [5.74, 6) is -1.76. The molecule has 48 heavy (non-hydrogen) atoms. The van der Waals surface area contributed by atoms with Gasteiger partial charge in [0.05, 0.1) is 30.2 Å². The van der Waals surface area contributed by atoms with Gasteiger partial charge in [0.2, 0.25) is 5.79 Å². The summed E-state index contributed by atoms with van der Waals surface area (Å²) in [5.41, 5.74) is 0.331.